The molecule has 0 spiro atoms. The zero-order chi connectivity index (χ0) is 37.5. The van der Waals surface area contributed by atoms with E-state index in [0.29, 0.717) is 0 Å². The summed E-state index contributed by atoms with van der Waals surface area (Å²) in [4.78, 5) is 0. The van der Waals surface area contributed by atoms with E-state index in [1.165, 1.54) is 250 Å². The van der Waals surface area contributed by atoms with Gasteiger partial charge < -0.3 is 13.6 Å². The monoisotopic (exact) mass is 755 g/mol. The lowest BCUT2D eigenvalue weighted by atomic mass is 10.0. The standard InChI is InChI=1S/C48H99O3P/c1-4-7-10-13-16-19-22-24-26-28-30-32-35-38-41-44-47-50-52(49-46-43-40-37-34-21-18-15-12-9-6-3)51-48-45-42-39-36-33-31-29-27-25-23-20-17-14-11-8-5-2/h4-48H2,1-3H3. The maximum Gasteiger partial charge on any atom is 0.332 e. The van der Waals surface area contributed by atoms with Gasteiger partial charge in [-0.3, -0.25) is 0 Å². The molecule has 52 heavy (non-hydrogen) atoms. The van der Waals surface area contributed by atoms with Crippen LogP contribution in [0.3, 0.4) is 0 Å². The maximum atomic E-state index is 6.20. The van der Waals surface area contributed by atoms with E-state index in [4.69, 9.17) is 13.6 Å². The van der Waals surface area contributed by atoms with Crippen molar-refractivity contribution in [3.05, 3.63) is 0 Å². The van der Waals surface area contributed by atoms with Crippen molar-refractivity contribution in [2.45, 2.75) is 290 Å². The number of hydrogen-bond donors (Lipinski definition) is 0. The van der Waals surface area contributed by atoms with E-state index in [1.54, 1.807) is 0 Å². The quantitative estimate of drug-likeness (QED) is 0.0457. The van der Waals surface area contributed by atoms with Crippen molar-refractivity contribution in [3.63, 3.8) is 0 Å². The Balaban J connectivity index is 3.88. The van der Waals surface area contributed by atoms with Gasteiger partial charge in [0.15, 0.2) is 0 Å². The molecule has 0 aromatic carbocycles. The van der Waals surface area contributed by atoms with Crippen LogP contribution in [0.1, 0.15) is 290 Å². The largest absolute Gasteiger partial charge is 0.332 e. The maximum absolute atomic E-state index is 6.20. The van der Waals surface area contributed by atoms with Crippen LogP contribution in [0.2, 0.25) is 0 Å². The second-order valence-electron chi connectivity index (χ2n) is 16.5. The fraction of sp³-hybridized carbons (Fsp3) is 1.00. The minimum atomic E-state index is -1.18. The molecule has 0 heterocycles. The van der Waals surface area contributed by atoms with Gasteiger partial charge in [0.25, 0.3) is 0 Å². The summed E-state index contributed by atoms with van der Waals surface area (Å²) in [6.45, 7) is 9.29. The van der Waals surface area contributed by atoms with Gasteiger partial charge in [-0.1, -0.05) is 271 Å². The second-order valence-corrected chi connectivity index (χ2v) is 17.7. The SMILES string of the molecule is CCCCCCCCCCCCCCCCCCOP(OCCCCCCCCCCCC)OCCCCCCCCCCCCCCCCCC. The first-order valence-corrected chi connectivity index (χ1v) is 25.6. The molecule has 0 saturated carbocycles. The Kier molecular flexibility index (Phi) is 49.6. The molecule has 0 unspecified atom stereocenters. The van der Waals surface area contributed by atoms with Crippen molar-refractivity contribution in [2.75, 3.05) is 19.8 Å². The molecule has 0 aromatic heterocycles. The summed E-state index contributed by atoms with van der Waals surface area (Å²) in [5.74, 6) is 0. The molecule has 0 aliphatic carbocycles. The highest BCUT2D eigenvalue weighted by Gasteiger charge is 2.12. The van der Waals surface area contributed by atoms with E-state index in [1.807, 2.05) is 0 Å². The Labute approximate surface area is 331 Å². The molecule has 0 saturated heterocycles. The minimum Gasteiger partial charge on any atom is -0.312 e. The third-order valence-corrected chi connectivity index (χ3v) is 12.3. The van der Waals surface area contributed by atoms with Crippen molar-refractivity contribution in [3.8, 4) is 0 Å². The predicted octanol–water partition coefficient (Wildman–Crippen LogP) is 18.7. The van der Waals surface area contributed by atoms with Gasteiger partial charge in [-0.2, -0.15) is 0 Å². The zero-order valence-corrected chi connectivity index (χ0v) is 37.4. The Morgan fingerprint density at radius 3 is 0.481 bits per heavy atom. The van der Waals surface area contributed by atoms with Crippen molar-refractivity contribution < 1.29 is 13.6 Å². The summed E-state index contributed by atoms with van der Waals surface area (Å²) in [5, 5.41) is 0. The Bertz CT molecular complexity index is 564. The number of rotatable bonds is 48. The molecule has 0 rings (SSSR count). The summed E-state index contributed by atoms with van der Waals surface area (Å²) >= 11 is 0. The van der Waals surface area contributed by atoms with Gasteiger partial charge in [-0.05, 0) is 19.3 Å². The highest BCUT2D eigenvalue weighted by Crippen LogP contribution is 2.40. The second kappa shape index (κ2) is 49.3. The smallest absolute Gasteiger partial charge is 0.312 e. The number of unbranched alkanes of at least 4 members (excludes halogenated alkanes) is 39. The molecule has 0 radical (unpaired) electrons. The Hall–Kier alpha value is 0.310. The van der Waals surface area contributed by atoms with Gasteiger partial charge in [0.1, 0.15) is 0 Å². The lowest BCUT2D eigenvalue weighted by Crippen LogP contribution is -2.00. The summed E-state index contributed by atoms with van der Waals surface area (Å²) in [5.41, 5.74) is 0. The van der Waals surface area contributed by atoms with Gasteiger partial charge >= 0.3 is 8.60 Å². The van der Waals surface area contributed by atoms with E-state index >= 15 is 0 Å². The molecule has 0 amide bonds. The van der Waals surface area contributed by atoms with Gasteiger partial charge in [0.2, 0.25) is 0 Å². The third-order valence-electron chi connectivity index (χ3n) is 11.1. The summed E-state index contributed by atoms with van der Waals surface area (Å²) in [7, 11) is -1.18. The van der Waals surface area contributed by atoms with Crippen molar-refractivity contribution in [1.29, 1.82) is 0 Å². The van der Waals surface area contributed by atoms with Crippen LogP contribution < -0.4 is 0 Å². The molecule has 0 N–H and O–H groups in total. The van der Waals surface area contributed by atoms with Gasteiger partial charge in [0, 0.05) is 0 Å². The fourth-order valence-corrected chi connectivity index (χ4v) is 8.48. The van der Waals surface area contributed by atoms with E-state index in [-0.39, 0.29) is 0 Å². The Morgan fingerprint density at radius 1 is 0.192 bits per heavy atom. The predicted molar refractivity (Wildman–Crippen MR) is 236 cm³/mol. The van der Waals surface area contributed by atoms with Gasteiger partial charge in [-0.15, -0.1) is 0 Å². The zero-order valence-electron chi connectivity index (χ0n) is 36.5. The average molecular weight is 755 g/mol. The first kappa shape index (κ1) is 52.3. The molecule has 0 fully saturated rings. The lowest BCUT2D eigenvalue weighted by molar-refractivity contribution is 0.153. The summed E-state index contributed by atoms with van der Waals surface area (Å²) < 4.78 is 18.6. The van der Waals surface area contributed by atoms with Crippen LogP contribution in [0.25, 0.3) is 0 Å². The fourth-order valence-electron chi connectivity index (χ4n) is 7.42. The van der Waals surface area contributed by atoms with Gasteiger partial charge in [0.05, 0.1) is 19.8 Å². The van der Waals surface area contributed by atoms with E-state index in [0.717, 1.165) is 39.1 Å². The van der Waals surface area contributed by atoms with Crippen molar-refractivity contribution in [1.82, 2.24) is 0 Å². The minimum absolute atomic E-state index is 0.792. The molecule has 0 aliphatic rings. The summed E-state index contributed by atoms with van der Waals surface area (Å²) in [6, 6.07) is 0. The van der Waals surface area contributed by atoms with Crippen LogP contribution in [0.4, 0.5) is 0 Å². The molecular weight excluding hydrogens is 655 g/mol. The van der Waals surface area contributed by atoms with Crippen LogP contribution in [0.15, 0.2) is 0 Å². The highest BCUT2D eigenvalue weighted by atomic mass is 31.2. The molecule has 314 valence electrons. The topological polar surface area (TPSA) is 27.7 Å². The van der Waals surface area contributed by atoms with Crippen molar-refractivity contribution >= 4 is 8.60 Å². The van der Waals surface area contributed by atoms with Crippen molar-refractivity contribution in [2.24, 2.45) is 0 Å². The lowest BCUT2D eigenvalue weighted by Gasteiger charge is -2.17. The van der Waals surface area contributed by atoms with Crippen LogP contribution in [0, 0.1) is 0 Å². The highest BCUT2D eigenvalue weighted by molar-refractivity contribution is 7.41. The normalized spacial score (nSPS) is 11.8. The molecular formula is C48H99O3P. The molecule has 0 bridgehead atoms. The van der Waals surface area contributed by atoms with Crippen LogP contribution in [-0.2, 0) is 13.6 Å². The molecule has 0 atom stereocenters. The molecule has 4 heteroatoms. The first-order chi connectivity index (χ1) is 25.8. The number of hydrogen-bond acceptors (Lipinski definition) is 3. The summed E-state index contributed by atoms with van der Waals surface area (Å²) in [6.07, 6.45) is 58.4. The third kappa shape index (κ3) is 46.5. The molecule has 0 aliphatic heterocycles. The molecule has 0 aromatic rings. The van der Waals surface area contributed by atoms with Crippen LogP contribution in [-0.4, -0.2) is 19.8 Å². The van der Waals surface area contributed by atoms with Crippen LogP contribution >= 0.6 is 8.60 Å². The van der Waals surface area contributed by atoms with E-state index < -0.39 is 8.60 Å². The van der Waals surface area contributed by atoms with E-state index in [2.05, 4.69) is 20.8 Å². The Morgan fingerprint density at radius 2 is 0.327 bits per heavy atom. The average Bonchev–Trinajstić information content (AvgIpc) is 3.15. The first-order valence-electron chi connectivity index (χ1n) is 24.5. The van der Waals surface area contributed by atoms with E-state index in [9.17, 15) is 0 Å². The van der Waals surface area contributed by atoms with Crippen LogP contribution in [0.5, 0.6) is 0 Å². The molecule has 3 nitrogen and oxygen atoms in total. The van der Waals surface area contributed by atoms with Gasteiger partial charge in [-0.25, -0.2) is 0 Å².